The summed E-state index contributed by atoms with van der Waals surface area (Å²) in [5, 5.41) is 14.7. The van der Waals surface area contributed by atoms with E-state index in [0.717, 1.165) is 0 Å². The molecule has 124 valence electrons. The maximum absolute atomic E-state index is 12.0. The highest BCUT2D eigenvalue weighted by molar-refractivity contribution is 6.31. The number of nitro groups is 1. The molecule has 2 aliphatic heterocycles. The van der Waals surface area contributed by atoms with E-state index in [4.69, 9.17) is 14.3 Å². The van der Waals surface area contributed by atoms with Gasteiger partial charge in [0.15, 0.2) is 11.5 Å². The fourth-order valence-electron chi connectivity index (χ4n) is 2.55. The zero-order chi connectivity index (χ0) is 17.4. The van der Waals surface area contributed by atoms with Crippen molar-refractivity contribution in [3.8, 4) is 11.5 Å². The number of nitro benzene ring substituents is 1. The van der Waals surface area contributed by atoms with E-state index in [1.165, 1.54) is 18.2 Å². The van der Waals surface area contributed by atoms with Gasteiger partial charge in [0.1, 0.15) is 5.71 Å². The van der Waals surface area contributed by atoms with Gasteiger partial charge in [0.05, 0.1) is 10.5 Å². The first-order chi connectivity index (χ1) is 12.1. The van der Waals surface area contributed by atoms with Crippen LogP contribution in [-0.2, 0) is 9.63 Å². The Morgan fingerprint density at radius 1 is 1.12 bits per heavy atom. The summed E-state index contributed by atoms with van der Waals surface area (Å²) >= 11 is 0. The minimum Gasteiger partial charge on any atom is -0.454 e. The fraction of sp³-hybridized carbons (Fsp3) is 0.0588. The number of benzene rings is 2. The number of ether oxygens (including phenoxy) is 2. The first kappa shape index (κ1) is 14.9. The number of fused-ring (bicyclic) bond motifs is 1. The van der Waals surface area contributed by atoms with E-state index in [2.05, 4.69) is 5.16 Å². The minimum atomic E-state index is -0.626. The Labute approximate surface area is 141 Å². The number of nitrogens with zero attached hydrogens (tertiary/aromatic N) is 2. The van der Waals surface area contributed by atoms with E-state index < -0.39 is 10.9 Å². The molecule has 0 unspecified atom stereocenters. The maximum atomic E-state index is 12.0. The number of carbonyl (C=O) groups excluding carboxylic acids is 1. The average Bonchev–Trinajstić information content (AvgIpc) is 3.22. The Balaban J connectivity index is 1.73. The predicted molar refractivity (Wildman–Crippen MR) is 86.3 cm³/mol. The van der Waals surface area contributed by atoms with E-state index in [1.54, 1.807) is 30.3 Å². The maximum Gasteiger partial charge on any atom is 0.368 e. The van der Waals surface area contributed by atoms with Crippen LogP contribution in [0.1, 0.15) is 11.1 Å². The third-order valence-electron chi connectivity index (χ3n) is 3.73. The third-order valence-corrected chi connectivity index (χ3v) is 3.73. The van der Waals surface area contributed by atoms with E-state index in [9.17, 15) is 14.9 Å². The Kier molecular flexibility index (Phi) is 3.42. The highest BCUT2D eigenvalue weighted by atomic mass is 16.7. The molecule has 0 bridgehead atoms. The molecule has 2 aromatic carbocycles. The van der Waals surface area contributed by atoms with Gasteiger partial charge in [0.2, 0.25) is 6.79 Å². The standard InChI is InChI=1S/C17H10N2O6/c20-17-13(6-10-4-5-14-15(7-10)24-9-23-14)16(18-25-17)11-2-1-3-12(8-11)19(21)22/h1-8H,9H2/b13-6+. The van der Waals surface area contributed by atoms with Gasteiger partial charge < -0.3 is 14.3 Å². The molecule has 0 atom stereocenters. The van der Waals surface area contributed by atoms with Crippen molar-refractivity contribution in [2.24, 2.45) is 5.16 Å². The van der Waals surface area contributed by atoms with Crippen LogP contribution in [0.5, 0.6) is 11.5 Å². The second kappa shape index (κ2) is 5.75. The largest absolute Gasteiger partial charge is 0.454 e. The van der Waals surface area contributed by atoms with Crippen molar-refractivity contribution in [2.75, 3.05) is 6.79 Å². The summed E-state index contributed by atoms with van der Waals surface area (Å²) in [6.45, 7) is 0.151. The second-order valence-corrected chi connectivity index (χ2v) is 5.30. The summed E-state index contributed by atoms with van der Waals surface area (Å²) in [5.74, 6) is 0.581. The number of non-ortho nitro benzene ring substituents is 1. The number of carbonyl (C=O) groups is 1. The molecule has 2 heterocycles. The quantitative estimate of drug-likeness (QED) is 0.369. The van der Waals surface area contributed by atoms with Crippen LogP contribution in [0, 0.1) is 10.1 Å². The predicted octanol–water partition coefficient (Wildman–Crippen LogP) is 2.67. The summed E-state index contributed by atoms with van der Waals surface area (Å²) in [6, 6.07) is 11.1. The van der Waals surface area contributed by atoms with Crippen LogP contribution in [0.2, 0.25) is 0 Å². The molecule has 0 radical (unpaired) electrons. The highest BCUT2D eigenvalue weighted by Crippen LogP contribution is 2.33. The van der Waals surface area contributed by atoms with Crippen LogP contribution < -0.4 is 9.47 Å². The molecular weight excluding hydrogens is 328 g/mol. The third kappa shape index (κ3) is 2.69. The van der Waals surface area contributed by atoms with E-state index in [1.807, 2.05) is 0 Å². The van der Waals surface area contributed by atoms with E-state index in [0.29, 0.717) is 22.6 Å². The molecule has 0 spiro atoms. The summed E-state index contributed by atoms with van der Waals surface area (Å²) in [4.78, 5) is 27.2. The second-order valence-electron chi connectivity index (χ2n) is 5.30. The SMILES string of the molecule is O=C1ON=C(c2cccc([N+](=O)[O-])c2)/C1=C\c1ccc2c(c1)OCO2. The van der Waals surface area contributed by atoms with Crippen molar-refractivity contribution in [1.82, 2.24) is 0 Å². The molecule has 25 heavy (non-hydrogen) atoms. The van der Waals surface area contributed by atoms with Gasteiger partial charge in [0, 0.05) is 17.7 Å². The van der Waals surface area contributed by atoms with Gasteiger partial charge in [-0.1, -0.05) is 23.4 Å². The average molecular weight is 338 g/mol. The molecule has 0 fully saturated rings. The van der Waals surface area contributed by atoms with Crippen molar-refractivity contribution >= 4 is 23.4 Å². The number of oxime groups is 1. The highest BCUT2D eigenvalue weighted by Gasteiger charge is 2.28. The van der Waals surface area contributed by atoms with Crippen molar-refractivity contribution < 1.29 is 24.0 Å². The Hall–Kier alpha value is -3.68. The summed E-state index contributed by atoms with van der Waals surface area (Å²) < 4.78 is 10.6. The molecule has 4 rings (SSSR count). The summed E-state index contributed by atoms with van der Waals surface area (Å²) in [6.07, 6.45) is 1.59. The van der Waals surface area contributed by atoms with Crippen LogP contribution in [-0.4, -0.2) is 23.4 Å². The smallest absolute Gasteiger partial charge is 0.368 e. The van der Waals surface area contributed by atoms with Crippen LogP contribution >= 0.6 is 0 Å². The van der Waals surface area contributed by atoms with Crippen molar-refractivity contribution in [1.29, 1.82) is 0 Å². The van der Waals surface area contributed by atoms with Crippen LogP contribution in [0.3, 0.4) is 0 Å². The molecule has 0 aliphatic carbocycles. The fourth-order valence-corrected chi connectivity index (χ4v) is 2.55. The lowest BCUT2D eigenvalue weighted by Gasteiger charge is -2.02. The summed E-state index contributed by atoms with van der Waals surface area (Å²) in [5.41, 5.74) is 1.47. The number of hydrogen-bond acceptors (Lipinski definition) is 7. The molecule has 2 aliphatic rings. The van der Waals surface area contributed by atoms with Gasteiger partial charge in [-0.05, 0) is 23.8 Å². The number of hydrogen-bond donors (Lipinski definition) is 0. The van der Waals surface area contributed by atoms with Gasteiger partial charge in [-0.15, -0.1) is 0 Å². The van der Waals surface area contributed by atoms with Crippen LogP contribution in [0.25, 0.3) is 6.08 Å². The Morgan fingerprint density at radius 2 is 1.96 bits per heavy atom. The van der Waals surface area contributed by atoms with Crippen LogP contribution in [0.4, 0.5) is 5.69 Å². The first-order valence-electron chi connectivity index (χ1n) is 7.28. The van der Waals surface area contributed by atoms with E-state index >= 15 is 0 Å². The van der Waals surface area contributed by atoms with Crippen LogP contribution in [0.15, 0.2) is 53.2 Å². The molecule has 0 saturated carbocycles. The molecule has 0 N–H and O–H groups in total. The molecule has 8 nitrogen and oxygen atoms in total. The van der Waals surface area contributed by atoms with Gasteiger partial charge >= 0.3 is 5.97 Å². The van der Waals surface area contributed by atoms with Gasteiger partial charge in [-0.2, -0.15) is 0 Å². The van der Waals surface area contributed by atoms with Gasteiger partial charge in [-0.25, -0.2) is 4.79 Å². The van der Waals surface area contributed by atoms with Crippen molar-refractivity contribution in [2.45, 2.75) is 0 Å². The Morgan fingerprint density at radius 3 is 2.80 bits per heavy atom. The normalized spacial score (nSPS) is 16.7. The molecule has 2 aromatic rings. The molecule has 0 amide bonds. The molecule has 0 aromatic heterocycles. The van der Waals surface area contributed by atoms with Gasteiger partial charge in [0.25, 0.3) is 5.69 Å². The monoisotopic (exact) mass is 338 g/mol. The minimum absolute atomic E-state index is 0.0954. The zero-order valence-electron chi connectivity index (χ0n) is 12.7. The topological polar surface area (TPSA) is 100 Å². The van der Waals surface area contributed by atoms with Crippen molar-refractivity contribution in [3.05, 3.63) is 69.3 Å². The Bertz CT molecular complexity index is 963. The zero-order valence-corrected chi connectivity index (χ0v) is 12.7. The van der Waals surface area contributed by atoms with Crippen molar-refractivity contribution in [3.63, 3.8) is 0 Å². The number of rotatable bonds is 3. The molecular formula is C17H10N2O6. The van der Waals surface area contributed by atoms with E-state index in [-0.39, 0.29) is 23.8 Å². The van der Waals surface area contributed by atoms with Gasteiger partial charge in [-0.3, -0.25) is 10.1 Å². The molecule has 0 saturated heterocycles. The lowest BCUT2D eigenvalue weighted by atomic mass is 10.00. The first-order valence-corrected chi connectivity index (χ1v) is 7.28. The molecule has 8 heteroatoms. The lowest BCUT2D eigenvalue weighted by molar-refractivity contribution is -0.384. The lowest BCUT2D eigenvalue weighted by Crippen LogP contribution is -2.07. The summed E-state index contributed by atoms with van der Waals surface area (Å²) in [7, 11) is 0.